The highest BCUT2D eigenvalue weighted by Crippen LogP contribution is 2.28. The van der Waals surface area contributed by atoms with Crippen molar-refractivity contribution in [2.24, 2.45) is 0 Å². The molecule has 0 bridgehead atoms. The van der Waals surface area contributed by atoms with Gasteiger partial charge in [-0.3, -0.25) is 0 Å². The van der Waals surface area contributed by atoms with E-state index < -0.39 is 0 Å². The molecular formula is C16H17FN2O. The van der Waals surface area contributed by atoms with Crippen molar-refractivity contribution in [3.8, 4) is 5.88 Å². The number of hydrogen-bond acceptors (Lipinski definition) is 3. The summed E-state index contributed by atoms with van der Waals surface area (Å²) in [5.41, 5.74) is 3.10. The summed E-state index contributed by atoms with van der Waals surface area (Å²) in [6.07, 6.45) is 3.57. The number of aromatic nitrogens is 1. The lowest BCUT2D eigenvalue weighted by atomic mass is 10.1. The Bertz CT molecular complexity index is 598. The second-order valence-electron chi connectivity index (χ2n) is 5.06. The fourth-order valence-corrected chi connectivity index (χ4v) is 2.31. The van der Waals surface area contributed by atoms with E-state index in [9.17, 15) is 4.39 Å². The Morgan fingerprint density at radius 1 is 1.30 bits per heavy atom. The van der Waals surface area contributed by atoms with Crippen molar-refractivity contribution in [3.63, 3.8) is 0 Å². The lowest BCUT2D eigenvalue weighted by Gasteiger charge is -2.26. The second-order valence-corrected chi connectivity index (χ2v) is 5.06. The van der Waals surface area contributed by atoms with Gasteiger partial charge >= 0.3 is 0 Å². The molecule has 0 saturated carbocycles. The molecule has 0 amide bonds. The van der Waals surface area contributed by atoms with Crippen LogP contribution in [0, 0.1) is 5.82 Å². The molecule has 1 N–H and O–H groups in total. The van der Waals surface area contributed by atoms with E-state index in [1.165, 1.54) is 12.1 Å². The lowest BCUT2D eigenvalue weighted by Crippen LogP contribution is -2.31. The Morgan fingerprint density at radius 3 is 2.85 bits per heavy atom. The standard InChI is InChI=1S/C16H17FN2O/c1-2-14-10-20-16-15(19-14)8-12(9-18-16)7-11-3-5-13(17)6-4-11/h3-6,8-9,14,19H,2,7,10H2,1H3. The van der Waals surface area contributed by atoms with E-state index in [4.69, 9.17) is 4.74 Å². The first-order chi connectivity index (χ1) is 9.74. The molecule has 3 rings (SSSR count). The third kappa shape index (κ3) is 2.74. The summed E-state index contributed by atoms with van der Waals surface area (Å²) in [6, 6.07) is 8.96. The third-order valence-electron chi connectivity index (χ3n) is 3.50. The van der Waals surface area contributed by atoms with Crippen molar-refractivity contribution in [2.45, 2.75) is 25.8 Å². The van der Waals surface area contributed by atoms with E-state index in [0.29, 0.717) is 18.5 Å². The zero-order valence-electron chi connectivity index (χ0n) is 11.4. The number of halogens is 1. The summed E-state index contributed by atoms with van der Waals surface area (Å²) < 4.78 is 18.5. The number of rotatable bonds is 3. The summed E-state index contributed by atoms with van der Waals surface area (Å²) in [5.74, 6) is 0.454. The summed E-state index contributed by atoms with van der Waals surface area (Å²) in [7, 11) is 0. The third-order valence-corrected chi connectivity index (χ3v) is 3.50. The minimum absolute atomic E-state index is 0.210. The zero-order valence-corrected chi connectivity index (χ0v) is 11.4. The van der Waals surface area contributed by atoms with Crippen LogP contribution in [0.1, 0.15) is 24.5 Å². The first-order valence-corrected chi connectivity index (χ1v) is 6.87. The zero-order chi connectivity index (χ0) is 13.9. The van der Waals surface area contributed by atoms with E-state index in [-0.39, 0.29) is 5.82 Å². The lowest BCUT2D eigenvalue weighted by molar-refractivity contribution is 0.270. The molecule has 1 aromatic heterocycles. The Labute approximate surface area is 117 Å². The second kappa shape index (κ2) is 5.49. The molecule has 0 fully saturated rings. The molecule has 0 saturated heterocycles. The van der Waals surface area contributed by atoms with Gasteiger partial charge in [-0.25, -0.2) is 9.37 Å². The molecule has 3 nitrogen and oxygen atoms in total. The van der Waals surface area contributed by atoms with Crippen molar-refractivity contribution in [2.75, 3.05) is 11.9 Å². The first kappa shape index (κ1) is 12.9. The van der Waals surface area contributed by atoms with Crippen LogP contribution in [0.15, 0.2) is 36.5 Å². The Kier molecular flexibility index (Phi) is 3.54. The average Bonchev–Trinajstić information content (AvgIpc) is 2.49. The van der Waals surface area contributed by atoms with Crippen LogP contribution in [0.3, 0.4) is 0 Å². The quantitative estimate of drug-likeness (QED) is 0.930. The van der Waals surface area contributed by atoms with Gasteiger partial charge in [0.15, 0.2) is 0 Å². The molecule has 1 aliphatic rings. The first-order valence-electron chi connectivity index (χ1n) is 6.87. The maximum atomic E-state index is 12.9. The van der Waals surface area contributed by atoms with E-state index in [1.807, 2.05) is 6.20 Å². The minimum Gasteiger partial charge on any atom is -0.474 e. The molecule has 0 radical (unpaired) electrons. The van der Waals surface area contributed by atoms with Crippen LogP contribution in [0.2, 0.25) is 0 Å². The molecule has 1 aromatic carbocycles. The number of benzene rings is 1. The van der Waals surface area contributed by atoms with Gasteiger partial charge in [0.25, 0.3) is 0 Å². The average molecular weight is 272 g/mol. The van der Waals surface area contributed by atoms with Gasteiger partial charge in [0, 0.05) is 6.20 Å². The van der Waals surface area contributed by atoms with Crippen LogP contribution in [0.5, 0.6) is 5.88 Å². The minimum atomic E-state index is -0.210. The molecular weight excluding hydrogens is 255 g/mol. The topological polar surface area (TPSA) is 34.1 Å². The van der Waals surface area contributed by atoms with Crippen LogP contribution in [0.25, 0.3) is 0 Å². The summed E-state index contributed by atoms with van der Waals surface area (Å²) in [5, 5.41) is 3.43. The van der Waals surface area contributed by atoms with Gasteiger partial charge in [0.2, 0.25) is 5.88 Å². The fraction of sp³-hybridized carbons (Fsp3) is 0.312. The largest absolute Gasteiger partial charge is 0.474 e. The number of hydrogen-bond donors (Lipinski definition) is 1. The summed E-state index contributed by atoms with van der Waals surface area (Å²) >= 11 is 0. The van der Waals surface area contributed by atoms with Crippen LogP contribution in [-0.2, 0) is 6.42 Å². The Balaban J connectivity index is 1.79. The molecule has 1 unspecified atom stereocenters. The molecule has 104 valence electrons. The maximum Gasteiger partial charge on any atom is 0.237 e. The predicted molar refractivity (Wildman–Crippen MR) is 76.6 cm³/mol. The number of pyridine rings is 1. The van der Waals surface area contributed by atoms with Crippen molar-refractivity contribution >= 4 is 5.69 Å². The summed E-state index contributed by atoms with van der Waals surface area (Å²) in [6.45, 7) is 2.79. The predicted octanol–water partition coefficient (Wildman–Crippen LogP) is 3.39. The van der Waals surface area contributed by atoms with E-state index in [0.717, 1.165) is 29.7 Å². The number of anilines is 1. The van der Waals surface area contributed by atoms with Crippen LogP contribution >= 0.6 is 0 Å². The van der Waals surface area contributed by atoms with Crippen molar-refractivity contribution in [3.05, 3.63) is 53.5 Å². The molecule has 2 heterocycles. The number of nitrogens with zero attached hydrogens (tertiary/aromatic N) is 1. The Morgan fingerprint density at radius 2 is 2.10 bits per heavy atom. The molecule has 0 spiro atoms. The smallest absolute Gasteiger partial charge is 0.237 e. The monoisotopic (exact) mass is 272 g/mol. The molecule has 0 aliphatic carbocycles. The van der Waals surface area contributed by atoms with Gasteiger partial charge in [-0.05, 0) is 42.2 Å². The number of nitrogens with one attached hydrogen (secondary N) is 1. The van der Waals surface area contributed by atoms with Crippen LogP contribution < -0.4 is 10.1 Å². The van der Waals surface area contributed by atoms with E-state index >= 15 is 0 Å². The van der Waals surface area contributed by atoms with Gasteiger partial charge in [-0.1, -0.05) is 19.1 Å². The molecule has 20 heavy (non-hydrogen) atoms. The van der Waals surface area contributed by atoms with Crippen molar-refractivity contribution in [1.82, 2.24) is 4.98 Å². The Hall–Kier alpha value is -2.10. The molecule has 4 heteroatoms. The van der Waals surface area contributed by atoms with Crippen LogP contribution in [0.4, 0.5) is 10.1 Å². The highest BCUT2D eigenvalue weighted by atomic mass is 19.1. The van der Waals surface area contributed by atoms with Gasteiger partial charge in [0.1, 0.15) is 12.4 Å². The number of ether oxygens (including phenoxy) is 1. The van der Waals surface area contributed by atoms with E-state index in [2.05, 4.69) is 23.3 Å². The SMILES string of the molecule is CCC1COc2ncc(Cc3ccc(F)cc3)cc2N1. The van der Waals surface area contributed by atoms with Crippen LogP contribution in [-0.4, -0.2) is 17.6 Å². The fourth-order valence-electron chi connectivity index (χ4n) is 2.31. The van der Waals surface area contributed by atoms with Crippen molar-refractivity contribution < 1.29 is 9.13 Å². The van der Waals surface area contributed by atoms with E-state index in [1.54, 1.807) is 12.1 Å². The molecule has 2 aromatic rings. The van der Waals surface area contributed by atoms with Gasteiger partial charge < -0.3 is 10.1 Å². The van der Waals surface area contributed by atoms with Gasteiger partial charge in [0.05, 0.1) is 11.7 Å². The van der Waals surface area contributed by atoms with Crippen molar-refractivity contribution in [1.29, 1.82) is 0 Å². The molecule has 1 atom stereocenters. The summed E-state index contributed by atoms with van der Waals surface area (Å²) in [4.78, 5) is 4.34. The maximum absolute atomic E-state index is 12.9. The highest BCUT2D eigenvalue weighted by Gasteiger charge is 2.18. The molecule has 1 aliphatic heterocycles. The normalized spacial score (nSPS) is 17.0. The number of fused-ring (bicyclic) bond motifs is 1. The highest BCUT2D eigenvalue weighted by molar-refractivity contribution is 5.56. The van der Waals surface area contributed by atoms with Gasteiger partial charge in [-0.15, -0.1) is 0 Å². The van der Waals surface area contributed by atoms with Gasteiger partial charge in [-0.2, -0.15) is 0 Å².